The van der Waals surface area contributed by atoms with Crippen LogP contribution in [0.3, 0.4) is 0 Å². The van der Waals surface area contributed by atoms with Gasteiger partial charge in [-0.2, -0.15) is 0 Å². The fraction of sp³-hybridized carbons (Fsp3) is 0.588. The Morgan fingerprint density at radius 1 is 1.35 bits per heavy atom. The number of hydrogen-bond donors (Lipinski definition) is 1. The fourth-order valence-corrected chi connectivity index (χ4v) is 2.79. The number of aryl methyl sites for hydroxylation is 1. The van der Waals surface area contributed by atoms with Crippen LogP contribution in [0.25, 0.3) is 0 Å². The Labute approximate surface area is 145 Å². The summed E-state index contributed by atoms with van der Waals surface area (Å²) in [6.45, 7) is 7.17. The molecule has 5 nitrogen and oxygen atoms in total. The molecular weight excluding hydrogens is 314 g/mol. The molecule has 6 heteroatoms. The Morgan fingerprint density at radius 3 is 2.65 bits per heavy atom. The molecule has 1 aliphatic heterocycles. The lowest BCUT2D eigenvalue weighted by Crippen LogP contribution is -2.47. The third kappa shape index (κ3) is 6.01. The number of nitrogens with zero attached hydrogens (tertiary/aromatic N) is 2. The minimum Gasteiger partial charge on any atom is -0.496 e. The van der Waals surface area contributed by atoms with Gasteiger partial charge in [0.25, 0.3) is 0 Å². The van der Waals surface area contributed by atoms with Crippen LogP contribution >= 0.6 is 12.4 Å². The molecule has 1 N–H and O–H groups in total. The number of rotatable bonds is 6. The lowest BCUT2D eigenvalue weighted by atomic mass is 10.1. The van der Waals surface area contributed by atoms with Crippen molar-refractivity contribution in [1.82, 2.24) is 15.1 Å². The zero-order valence-electron chi connectivity index (χ0n) is 14.3. The molecule has 0 spiro atoms. The van der Waals surface area contributed by atoms with E-state index in [-0.39, 0.29) is 18.3 Å². The summed E-state index contributed by atoms with van der Waals surface area (Å²) in [5.41, 5.74) is 2.39. The molecule has 1 amide bonds. The summed E-state index contributed by atoms with van der Waals surface area (Å²) in [5, 5.41) is 3.27. The van der Waals surface area contributed by atoms with E-state index in [2.05, 4.69) is 36.3 Å². The highest BCUT2D eigenvalue weighted by atomic mass is 35.5. The molecule has 0 aliphatic carbocycles. The molecule has 2 rings (SSSR count). The average Bonchev–Trinajstić information content (AvgIpc) is 2.53. The maximum Gasteiger partial charge on any atom is 0.223 e. The van der Waals surface area contributed by atoms with Crippen LogP contribution in [0.4, 0.5) is 0 Å². The van der Waals surface area contributed by atoms with Gasteiger partial charge in [0.2, 0.25) is 5.91 Å². The number of ether oxygens (including phenoxy) is 1. The van der Waals surface area contributed by atoms with Gasteiger partial charge in [-0.1, -0.05) is 12.1 Å². The van der Waals surface area contributed by atoms with Crippen LogP contribution in [0, 0.1) is 6.92 Å². The third-order valence-corrected chi connectivity index (χ3v) is 4.09. The minimum absolute atomic E-state index is 0. The van der Waals surface area contributed by atoms with E-state index in [1.807, 2.05) is 11.0 Å². The molecule has 1 saturated heterocycles. The van der Waals surface area contributed by atoms with Crippen molar-refractivity contribution in [3.05, 3.63) is 29.3 Å². The van der Waals surface area contributed by atoms with Gasteiger partial charge in [-0.15, -0.1) is 12.4 Å². The van der Waals surface area contributed by atoms with Gasteiger partial charge in [0.05, 0.1) is 7.11 Å². The molecule has 1 fully saturated rings. The molecule has 130 valence electrons. The highest BCUT2D eigenvalue weighted by Gasteiger charge is 2.16. The Hall–Kier alpha value is -1.30. The number of methoxy groups -OCH3 is 1. The minimum atomic E-state index is 0. The molecule has 1 aromatic carbocycles. The fourth-order valence-electron chi connectivity index (χ4n) is 2.79. The van der Waals surface area contributed by atoms with E-state index in [9.17, 15) is 4.79 Å². The summed E-state index contributed by atoms with van der Waals surface area (Å²) in [7, 11) is 3.75. The van der Waals surface area contributed by atoms with Crippen LogP contribution in [0.2, 0.25) is 0 Å². The van der Waals surface area contributed by atoms with Crippen LogP contribution in [0.5, 0.6) is 5.75 Å². The zero-order valence-corrected chi connectivity index (χ0v) is 15.1. The summed E-state index contributed by atoms with van der Waals surface area (Å²) in [5.74, 6) is 1.18. The van der Waals surface area contributed by atoms with Gasteiger partial charge in [0.15, 0.2) is 0 Å². The Balaban J connectivity index is 0.00000264. The van der Waals surface area contributed by atoms with Crippen molar-refractivity contribution in [2.45, 2.75) is 19.9 Å². The molecule has 0 saturated carbocycles. The van der Waals surface area contributed by atoms with Gasteiger partial charge < -0.3 is 19.9 Å². The number of halogens is 1. The second-order valence-electron chi connectivity index (χ2n) is 5.92. The average molecular weight is 342 g/mol. The highest BCUT2D eigenvalue weighted by molar-refractivity contribution is 5.85. The molecule has 1 aliphatic rings. The number of nitrogens with one attached hydrogen (secondary N) is 1. The number of benzene rings is 1. The first-order valence-electron chi connectivity index (χ1n) is 7.90. The van der Waals surface area contributed by atoms with E-state index in [1.54, 1.807) is 7.11 Å². The van der Waals surface area contributed by atoms with Crippen molar-refractivity contribution in [1.29, 1.82) is 0 Å². The van der Waals surface area contributed by atoms with Crippen LogP contribution in [-0.4, -0.2) is 62.6 Å². The van der Waals surface area contributed by atoms with Gasteiger partial charge in [-0.3, -0.25) is 4.79 Å². The maximum atomic E-state index is 12.1. The summed E-state index contributed by atoms with van der Waals surface area (Å²) < 4.78 is 5.28. The van der Waals surface area contributed by atoms with Crippen LogP contribution in [0.15, 0.2) is 18.2 Å². The van der Waals surface area contributed by atoms with Crippen molar-refractivity contribution < 1.29 is 9.53 Å². The van der Waals surface area contributed by atoms with Crippen LogP contribution < -0.4 is 10.1 Å². The van der Waals surface area contributed by atoms with E-state index in [0.717, 1.165) is 50.6 Å². The molecule has 0 bridgehead atoms. The van der Waals surface area contributed by atoms with Crippen molar-refractivity contribution in [3.63, 3.8) is 0 Å². The number of amides is 1. The Kier molecular flexibility index (Phi) is 8.37. The van der Waals surface area contributed by atoms with Crippen LogP contribution in [-0.2, 0) is 11.3 Å². The summed E-state index contributed by atoms with van der Waals surface area (Å²) >= 11 is 0. The van der Waals surface area contributed by atoms with Crippen molar-refractivity contribution >= 4 is 18.3 Å². The van der Waals surface area contributed by atoms with E-state index >= 15 is 0 Å². The largest absolute Gasteiger partial charge is 0.496 e. The standard InChI is InChI=1S/C17H27N3O2.ClH/c1-14-12-15(4-5-16(14)22-3)13-19(2)9-6-17(21)20-10-7-18-8-11-20;/h4-5,12,18H,6-11,13H2,1-3H3;1H. The van der Waals surface area contributed by atoms with Crippen LogP contribution in [0.1, 0.15) is 17.5 Å². The topological polar surface area (TPSA) is 44.8 Å². The highest BCUT2D eigenvalue weighted by Crippen LogP contribution is 2.19. The molecular formula is C17H28ClN3O2. The second kappa shape index (κ2) is 9.75. The SMILES string of the molecule is COc1ccc(CN(C)CCC(=O)N2CCNCC2)cc1C.Cl. The molecule has 0 aromatic heterocycles. The normalized spacial score (nSPS) is 14.5. The van der Waals surface area contributed by atoms with Crippen molar-refractivity contribution in [2.24, 2.45) is 0 Å². The molecule has 23 heavy (non-hydrogen) atoms. The Bertz CT molecular complexity index is 505. The lowest BCUT2D eigenvalue weighted by molar-refractivity contribution is -0.132. The number of piperazine rings is 1. The quantitative estimate of drug-likeness (QED) is 0.855. The number of hydrogen-bond acceptors (Lipinski definition) is 4. The summed E-state index contributed by atoms with van der Waals surface area (Å²) in [6, 6.07) is 6.23. The lowest BCUT2D eigenvalue weighted by Gasteiger charge is -2.28. The zero-order chi connectivity index (χ0) is 15.9. The van der Waals surface area contributed by atoms with Crippen molar-refractivity contribution in [2.75, 3.05) is 46.9 Å². The van der Waals surface area contributed by atoms with E-state index in [4.69, 9.17) is 4.74 Å². The smallest absolute Gasteiger partial charge is 0.223 e. The molecule has 1 aromatic rings. The molecule has 0 unspecified atom stereocenters. The maximum absolute atomic E-state index is 12.1. The predicted molar refractivity (Wildman–Crippen MR) is 95.4 cm³/mol. The van der Waals surface area contributed by atoms with Gasteiger partial charge in [-0.05, 0) is 31.2 Å². The molecule has 0 radical (unpaired) electrons. The first kappa shape index (κ1) is 19.7. The summed E-state index contributed by atoms with van der Waals surface area (Å²) in [4.78, 5) is 16.3. The van der Waals surface area contributed by atoms with Crippen molar-refractivity contribution in [3.8, 4) is 5.75 Å². The van der Waals surface area contributed by atoms with Gasteiger partial charge >= 0.3 is 0 Å². The van der Waals surface area contributed by atoms with E-state index in [0.29, 0.717) is 6.42 Å². The van der Waals surface area contributed by atoms with E-state index in [1.165, 1.54) is 5.56 Å². The van der Waals surface area contributed by atoms with Gasteiger partial charge in [-0.25, -0.2) is 0 Å². The molecule has 1 heterocycles. The predicted octanol–water partition coefficient (Wildman–Crippen LogP) is 1.68. The van der Waals surface area contributed by atoms with Gasteiger partial charge in [0.1, 0.15) is 5.75 Å². The number of carbonyl (C=O) groups excluding carboxylic acids is 1. The monoisotopic (exact) mass is 341 g/mol. The van der Waals surface area contributed by atoms with E-state index < -0.39 is 0 Å². The second-order valence-corrected chi connectivity index (χ2v) is 5.92. The van der Waals surface area contributed by atoms with Gasteiger partial charge in [0, 0.05) is 45.7 Å². The Morgan fingerprint density at radius 2 is 2.04 bits per heavy atom. The third-order valence-electron chi connectivity index (χ3n) is 4.09. The first-order valence-corrected chi connectivity index (χ1v) is 7.90. The summed E-state index contributed by atoms with van der Waals surface area (Å²) in [6.07, 6.45) is 0.589. The number of carbonyl (C=O) groups is 1. The molecule has 0 atom stereocenters. The first-order chi connectivity index (χ1) is 10.6.